The van der Waals surface area contributed by atoms with Gasteiger partial charge in [-0.2, -0.15) is 0 Å². The maximum absolute atomic E-state index is 10.5. The van der Waals surface area contributed by atoms with Gasteiger partial charge in [0.1, 0.15) is 0 Å². The molecule has 0 heterocycles. The van der Waals surface area contributed by atoms with Crippen molar-refractivity contribution < 1.29 is 18.9 Å². The Morgan fingerprint density at radius 2 is 0.765 bits per heavy atom. The molecule has 0 fully saturated rings. The third kappa shape index (κ3) is 32.5. The van der Waals surface area contributed by atoms with E-state index in [9.17, 15) is 4.57 Å². The lowest BCUT2D eigenvalue weighted by Crippen LogP contribution is -1.92. The first-order valence-electron chi connectivity index (χ1n) is 14.3. The Labute approximate surface area is 222 Å². The molecule has 0 aromatic rings. The van der Waals surface area contributed by atoms with Crippen molar-refractivity contribution in [3.63, 3.8) is 0 Å². The van der Waals surface area contributed by atoms with E-state index in [1.807, 2.05) is 0 Å². The highest BCUT2D eigenvalue weighted by molar-refractivity contribution is 8.11. The molecule has 0 aromatic heterocycles. The van der Waals surface area contributed by atoms with Crippen LogP contribution < -0.4 is 0 Å². The van der Waals surface area contributed by atoms with Crippen LogP contribution in [0.1, 0.15) is 161 Å². The number of phosphoric acid groups is 1. The topological polar surface area (TPSA) is 66.8 Å². The first-order chi connectivity index (χ1) is 16.4. The molecular formula is C27H55O4PS2. The zero-order valence-electron chi connectivity index (χ0n) is 21.9. The quantitative estimate of drug-likeness (QED) is 0.0400. The molecule has 0 amide bonds. The summed E-state index contributed by atoms with van der Waals surface area (Å²) >= 11 is 9.16. The third-order valence-electron chi connectivity index (χ3n) is 6.54. The van der Waals surface area contributed by atoms with Crippen LogP contribution in [-0.4, -0.2) is 20.6 Å². The summed E-state index contributed by atoms with van der Waals surface area (Å²) in [5.74, 6) is 0. The van der Waals surface area contributed by atoms with Gasteiger partial charge >= 0.3 is 7.82 Å². The minimum absolute atomic E-state index is 0.166. The predicted octanol–water partition coefficient (Wildman–Crippen LogP) is 10.1. The molecule has 0 rings (SSSR count). The monoisotopic (exact) mass is 538 g/mol. The summed E-state index contributed by atoms with van der Waals surface area (Å²) in [6.45, 7) is 0.166. The van der Waals surface area contributed by atoms with Crippen molar-refractivity contribution in [1.82, 2.24) is 0 Å². The Morgan fingerprint density at radius 1 is 0.529 bits per heavy atom. The average molecular weight is 539 g/mol. The Balaban J connectivity index is 3.05. The van der Waals surface area contributed by atoms with Crippen molar-refractivity contribution >= 4 is 36.9 Å². The van der Waals surface area contributed by atoms with Gasteiger partial charge in [-0.25, -0.2) is 4.57 Å². The van der Waals surface area contributed by atoms with E-state index in [0.29, 0.717) is 0 Å². The molecule has 0 aromatic carbocycles. The van der Waals surface area contributed by atoms with Crippen LogP contribution in [0.25, 0.3) is 0 Å². The van der Waals surface area contributed by atoms with Crippen LogP contribution in [0.15, 0.2) is 0 Å². The second-order valence-electron chi connectivity index (χ2n) is 9.95. The smallest absolute Gasteiger partial charge is 0.303 e. The molecule has 34 heavy (non-hydrogen) atoms. The van der Waals surface area contributed by atoms with Crippen molar-refractivity contribution in [1.29, 1.82) is 0 Å². The Hall–Kier alpha value is 0.550. The minimum atomic E-state index is -4.27. The summed E-state index contributed by atoms with van der Waals surface area (Å²) in [4.78, 5) is 17.2. The zero-order chi connectivity index (χ0) is 25.2. The molecule has 0 aliphatic carbocycles. The lowest BCUT2D eigenvalue weighted by Gasteiger charge is -2.05. The number of thiocarbonyl (C=S) groups is 1. The van der Waals surface area contributed by atoms with Gasteiger partial charge in [0.05, 0.1) is 6.61 Å². The van der Waals surface area contributed by atoms with Crippen molar-refractivity contribution in [3.8, 4) is 0 Å². The van der Waals surface area contributed by atoms with E-state index in [2.05, 4.69) is 17.2 Å². The van der Waals surface area contributed by atoms with Crippen molar-refractivity contribution in [2.45, 2.75) is 161 Å². The third-order valence-corrected chi connectivity index (χ3v) is 7.49. The summed E-state index contributed by atoms with van der Waals surface area (Å²) < 4.78 is 15.9. The second kappa shape index (κ2) is 26.6. The van der Waals surface area contributed by atoms with E-state index in [0.717, 1.165) is 29.9 Å². The fourth-order valence-electron chi connectivity index (χ4n) is 4.45. The number of hydrogen-bond acceptors (Lipinski definition) is 3. The molecule has 0 radical (unpaired) electrons. The largest absolute Gasteiger partial charge is 0.469 e. The zero-order valence-corrected chi connectivity index (χ0v) is 24.5. The number of thiol groups is 1. The lowest BCUT2D eigenvalue weighted by atomic mass is 10.0. The minimum Gasteiger partial charge on any atom is -0.303 e. The van der Waals surface area contributed by atoms with Crippen LogP contribution in [-0.2, 0) is 9.09 Å². The van der Waals surface area contributed by atoms with E-state index >= 15 is 0 Å². The predicted molar refractivity (Wildman–Crippen MR) is 155 cm³/mol. The normalized spacial score (nSPS) is 11.9. The highest BCUT2D eigenvalue weighted by atomic mass is 32.1. The van der Waals surface area contributed by atoms with Gasteiger partial charge in [0.25, 0.3) is 0 Å². The Morgan fingerprint density at radius 3 is 1.00 bits per heavy atom. The first kappa shape index (κ1) is 34.6. The molecule has 7 heteroatoms. The van der Waals surface area contributed by atoms with Gasteiger partial charge in [-0.1, -0.05) is 153 Å². The summed E-state index contributed by atoms with van der Waals surface area (Å²) in [6.07, 6.45) is 32.7. The van der Waals surface area contributed by atoms with Gasteiger partial charge in [-0.15, -0.1) is 12.6 Å². The fraction of sp³-hybridized carbons (Fsp3) is 0.963. The van der Waals surface area contributed by atoms with E-state index < -0.39 is 7.82 Å². The molecule has 0 aliphatic rings. The summed E-state index contributed by atoms with van der Waals surface area (Å²) in [5.41, 5.74) is 0. The van der Waals surface area contributed by atoms with Gasteiger partial charge in [-0.05, 0) is 19.3 Å². The molecule has 0 spiro atoms. The first-order valence-corrected chi connectivity index (χ1v) is 16.7. The molecule has 0 bridgehead atoms. The van der Waals surface area contributed by atoms with E-state index in [1.54, 1.807) is 0 Å². The highest BCUT2D eigenvalue weighted by Gasteiger charge is 2.12. The molecule has 0 saturated heterocycles. The standard InChI is InChI=1S/C27H55O4PS2/c28-32(29,30)31-26-24-22-20-18-16-14-12-10-8-6-4-2-1-3-5-7-9-11-13-15-17-19-21-23-25-27(33)34/h1-26H2,(H,33,34)(H2,28,29,30). The molecule has 0 unspecified atom stereocenters. The van der Waals surface area contributed by atoms with Crippen LogP contribution in [0.2, 0.25) is 0 Å². The number of hydrogen-bond donors (Lipinski definition) is 3. The summed E-state index contributed by atoms with van der Waals surface area (Å²) in [7, 11) is -4.27. The van der Waals surface area contributed by atoms with E-state index in [-0.39, 0.29) is 6.61 Å². The summed E-state index contributed by atoms with van der Waals surface area (Å²) in [5, 5.41) is 0. The molecule has 0 saturated carbocycles. The van der Waals surface area contributed by atoms with Crippen LogP contribution in [0.4, 0.5) is 0 Å². The van der Waals surface area contributed by atoms with Crippen molar-refractivity contribution in [3.05, 3.63) is 0 Å². The van der Waals surface area contributed by atoms with Crippen LogP contribution >= 0.6 is 32.7 Å². The van der Waals surface area contributed by atoms with E-state index in [1.165, 1.54) is 135 Å². The molecule has 204 valence electrons. The van der Waals surface area contributed by atoms with E-state index in [4.69, 9.17) is 22.0 Å². The van der Waals surface area contributed by atoms with Gasteiger partial charge < -0.3 is 9.79 Å². The molecular weight excluding hydrogens is 483 g/mol. The lowest BCUT2D eigenvalue weighted by molar-refractivity contribution is 0.193. The number of phosphoric ester groups is 1. The highest BCUT2D eigenvalue weighted by Crippen LogP contribution is 2.35. The van der Waals surface area contributed by atoms with Gasteiger partial charge in [0, 0.05) is 4.20 Å². The Kier molecular flexibility index (Phi) is 27.0. The summed E-state index contributed by atoms with van der Waals surface area (Å²) in [6, 6.07) is 0. The van der Waals surface area contributed by atoms with Crippen LogP contribution in [0.3, 0.4) is 0 Å². The SMILES string of the molecule is O=P(O)(O)OCCCCCCCCCCCCCCCCCCCCCCCCCCC(=S)S. The van der Waals surface area contributed by atoms with Gasteiger partial charge in [-0.3, -0.25) is 4.52 Å². The maximum Gasteiger partial charge on any atom is 0.469 e. The van der Waals surface area contributed by atoms with Gasteiger partial charge in [0.2, 0.25) is 0 Å². The maximum atomic E-state index is 10.5. The van der Waals surface area contributed by atoms with Crippen LogP contribution in [0.5, 0.6) is 0 Å². The average Bonchev–Trinajstić information content (AvgIpc) is 2.77. The molecule has 4 nitrogen and oxygen atoms in total. The Bertz CT molecular complexity index is 485. The van der Waals surface area contributed by atoms with Gasteiger partial charge in [0.15, 0.2) is 0 Å². The number of unbranched alkanes of at least 4 members (excludes halogenated alkanes) is 23. The fourth-order valence-corrected chi connectivity index (χ4v) is 5.12. The molecule has 0 atom stereocenters. The number of rotatable bonds is 28. The molecule has 0 aliphatic heterocycles. The van der Waals surface area contributed by atoms with Crippen molar-refractivity contribution in [2.24, 2.45) is 0 Å². The van der Waals surface area contributed by atoms with Crippen LogP contribution in [0, 0.1) is 0 Å². The van der Waals surface area contributed by atoms with Crippen molar-refractivity contribution in [2.75, 3.05) is 6.61 Å². The molecule has 2 N–H and O–H groups in total. The second-order valence-corrected chi connectivity index (χ2v) is 12.5.